The van der Waals surface area contributed by atoms with Crippen LogP contribution in [0.15, 0.2) is 86.9 Å². The van der Waals surface area contributed by atoms with Gasteiger partial charge in [0.25, 0.3) is 0 Å². The summed E-state index contributed by atoms with van der Waals surface area (Å²) in [6.07, 6.45) is 0.729. The molecule has 1 heterocycles. The van der Waals surface area contributed by atoms with Crippen LogP contribution in [0.25, 0.3) is 11.0 Å². The number of benzene rings is 3. The summed E-state index contributed by atoms with van der Waals surface area (Å²) in [5.74, 6) is -0.581. The molecule has 3 aromatic carbocycles. The van der Waals surface area contributed by atoms with Gasteiger partial charge < -0.3 is 9.15 Å². The SMILES string of the molecule is CCc1cc(=O)oc2c(C)c(OC(=O)C(Cc3ccccc3)NS(=O)(=O)c3ccc(C)cc3)ccc12. The third-order valence-corrected chi connectivity index (χ3v) is 7.47. The van der Waals surface area contributed by atoms with Gasteiger partial charge in [-0.1, -0.05) is 55.0 Å². The molecule has 1 aromatic heterocycles. The Morgan fingerprint density at radius 1 is 1.00 bits per heavy atom. The predicted molar refractivity (Wildman–Crippen MR) is 138 cm³/mol. The molecule has 7 nitrogen and oxygen atoms in total. The zero-order valence-electron chi connectivity index (χ0n) is 20.3. The van der Waals surface area contributed by atoms with Gasteiger partial charge in [-0.25, -0.2) is 18.0 Å². The number of fused-ring (bicyclic) bond motifs is 1. The molecule has 0 bridgehead atoms. The molecule has 4 rings (SSSR count). The zero-order valence-corrected chi connectivity index (χ0v) is 21.1. The summed E-state index contributed by atoms with van der Waals surface area (Å²) in [5, 5.41) is 0.760. The first kappa shape index (κ1) is 25.3. The zero-order chi connectivity index (χ0) is 25.9. The third kappa shape index (κ3) is 5.56. The first-order valence-electron chi connectivity index (χ1n) is 11.6. The number of sulfonamides is 1. The maximum Gasteiger partial charge on any atom is 0.336 e. The molecule has 0 spiro atoms. The number of carbonyl (C=O) groups excluding carboxylic acids is 1. The Kier molecular flexibility index (Phi) is 7.37. The second kappa shape index (κ2) is 10.5. The largest absolute Gasteiger partial charge is 0.425 e. The number of nitrogens with one attached hydrogen (secondary N) is 1. The Bertz CT molecular complexity index is 1560. The highest BCUT2D eigenvalue weighted by Gasteiger charge is 2.28. The highest BCUT2D eigenvalue weighted by molar-refractivity contribution is 7.89. The fourth-order valence-corrected chi connectivity index (χ4v) is 5.17. The van der Waals surface area contributed by atoms with E-state index in [-0.39, 0.29) is 17.1 Å². The second-order valence-electron chi connectivity index (χ2n) is 8.61. The van der Waals surface area contributed by atoms with Crippen molar-refractivity contribution in [2.45, 2.75) is 44.6 Å². The lowest BCUT2D eigenvalue weighted by Crippen LogP contribution is -2.44. The number of rotatable bonds is 8. The van der Waals surface area contributed by atoms with Crippen LogP contribution in [0.5, 0.6) is 5.75 Å². The molecule has 1 atom stereocenters. The van der Waals surface area contributed by atoms with Gasteiger partial charge in [-0.15, -0.1) is 0 Å². The van der Waals surface area contributed by atoms with Crippen molar-refractivity contribution in [3.05, 3.63) is 105 Å². The summed E-state index contributed by atoms with van der Waals surface area (Å²) in [5.41, 5.74) is 2.84. The molecule has 186 valence electrons. The lowest BCUT2D eigenvalue weighted by molar-refractivity contribution is -0.136. The number of hydrogen-bond acceptors (Lipinski definition) is 6. The average Bonchev–Trinajstić information content (AvgIpc) is 2.86. The molecule has 8 heteroatoms. The summed E-state index contributed by atoms with van der Waals surface area (Å²) in [4.78, 5) is 25.4. The minimum Gasteiger partial charge on any atom is -0.425 e. The Hall–Kier alpha value is -3.75. The molecule has 0 radical (unpaired) electrons. The van der Waals surface area contributed by atoms with E-state index >= 15 is 0 Å². The molecule has 0 fully saturated rings. The van der Waals surface area contributed by atoms with Crippen molar-refractivity contribution in [3.8, 4) is 5.75 Å². The summed E-state index contributed by atoms with van der Waals surface area (Å²) < 4.78 is 39.7. The summed E-state index contributed by atoms with van der Waals surface area (Å²) in [6.45, 7) is 5.48. The first-order valence-corrected chi connectivity index (χ1v) is 13.1. The molecule has 0 saturated carbocycles. The molecular weight excluding hydrogens is 478 g/mol. The van der Waals surface area contributed by atoms with E-state index in [9.17, 15) is 18.0 Å². The van der Waals surface area contributed by atoms with Crippen LogP contribution in [0.4, 0.5) is 0 Å². The van der Waals surface area contributed by atoms with Crippen LogP contribution in [-0.4, -0.2) is 20.4 Å². The van der Waals surface area contributed by atoms with Gasteiger partial charge in [-0.2, -0.15) is 4.72 Å². The van der Waals surface area contributed by atoms with Crippen LogP contribution < -0.4 is 15.1 Å². The highest BCUT2D eigenvalue weighted by atomic mass is 32.2. The molecular formula is C28H27NO6S. The number of hydrogen-bond donors (Lipinski definition) is 1. The van der Waals surface area contributed by atoms with E-state index in [1.165, 1.54) is 18.2 Å². The van der Waals surface area contributed by atoms with Crippen LogP contribution >= 0.6 is 0 Å². The van der Waals surface area contributed by atoms with E-state index in [1.54, 1.807) is 31.2 Å². The number of aryl methyl sites for hydroxylation is 3. The molecule has 36 heavy (non-hydrogen) atoms. The topological polar surface area (TPSA) is 103 Å². The van der Waals surface area contributed by atoms with Crippen molar-refractivity contribution < 1.29 is 22.4 Å². The monoisotopic (exact) mass is 505 g/mol. The van der Waals surface area contributed by atoms with Gasteiger partial charge in [0.1, 0.15) is 17.4 Å². The number of ether oxygens (including phenoxy) is 1. The van der Waals surface area contributed by atoms with Gasteiger partial charge in [-0.05, 0) is 62.1 Å². The van der Waals surface area contributed by atoms with Crippen molar-refractivity contribution in [2.24, 2.45) is 0 Å². The van der Waals surface area contributed by atoms with Crippen molar-refractivity contribution in [1.82, 2.24) is 4.72 Å². The molecule has 0 aliphatic rings. The van der Waals surface area contributed by atoms with Crippen molar-refractivity contribution in [3.63, 3.8) is 0 Å². The van der Waals surface area contributed by atoms with Gasteiger partial charge in [0.2, 0.25) is 10.0 Å². The minimum absolute atomic E-state index is 0.0507. The lowest BCUT2D eigenvalue weighted by Gasteiger charge is -2.19. The van der Waals surface area contributed by atoms with Crippen LogP contribution in [0.1, 0.15) is 29.2 Å². The maximum absolute atomic E-state index is 13.3. The Balaban J connectivity index is 1.67. The van der Waals surface area contributed by atoms with E-state index in [4.69, 9.17) is 9.15 Å². The molecule has 1 N–H and O–H groups in total. The van der Waals surface area contributed by atoms with Crippen LogP contribution in [0, 0.1) is 13.8 Å². The first-order chi connectivity index (χ1) is 17.2. The highest BCUT2D eigenvalue weighted by Crippen LogP contribution is 2.29. The summed E-state index contributed by atoms with van der Waals surface area (Å²) in [6, 6.07) is 19.1. The normalized spacial score (nSPS) is 12.4. The van der Waals surface area contributed by atoms with E-state index in [2.05, 4.69) is 4.72 Å². The molecule has 4 aromatic rings. The average molecular weight is 506 g/mol. The van der Waals surface area contributed by atoms with Gasteiger partial charge in [0, 0.05) is 17.0 Å². The van der Waals surface area contributed by atoms with E-state index in [0.29, 0.717) is 17.6 Å². The van der Waals surface area contributed by atoms with E-state index < -0.39 is 27.7 Å². The fraction of sp³-hybridized carbons (Fsp3) is 0.214. The van der Waals surface area contributed by atoms with Crippen molar-refractivity contribution in [1.29, 1.82) is 0 Å². The predicted octanol–water partition coefficient (Wildman–Crippen LogP) is 4.47. The number of esters is 1. The Morgan fingerprint density at radius 2 is 1.69 bits per heavy atom. The molecule has 0 amide bonds. The fourth-order valence-electron chi connectivity index (χ4n) is 3.99. The molecule has 0 aliphatic heterocycles. The van der Waals surface area contributed by atoms with Crippen molar-refractivity contribution >= 4 is 27.0 Å². The second-order valence-corrected chi connectivity index (χ2v) is 10.3. The quantitative estimate of drug-likeness (QED) is 0.215. The molecule has 0 saturated heterocycles. The van der Waals surface area contributed by atoms with Crippen LogP contribution in [0.2, 0.25) is 0 Å². The smallest absolute Gasteiger partial charge is 0.336 e. The lowest BCUT2D eigenvalue weighted by atomic mass is 10.0. The van der Waals surface area contributed by atoms with Crippen LogP contribution in [-0.2, 0) is 27.7 Å². The third-order valence-electron chi connectivity index (χ3n) is 5.98. The van der Waals surface area contributed by atoms with E-state index in [0.717, 1.165) is 22.1 Å². The maximum atomic E-state index is 13.3. The van der Waals surface area contributed by atoms with Crippen molar-refractivity contribution in [2.75, 3.05) is 0 Å². The van der Waals surface area contributed by atoms with Gasteiger partial charge >= 0.3 is 11.6 Å². The number of carbonyl (C=O) groups is 1. The standard InChI is InChI=1S/C28H27NO6S/c1-4-21-17-26(30)35-27-19(3)25(15-14-23(21)27)34-28(31)24(16-20-8-6-5-7-9-20)29-36(32,33)22-12-10-18(2)11-13-22/h5-15,17,24,29H,4,16H2,1-3H3. The molecule has 1 unspecified atom stereocenters. The van der Waals surface area contributed by atoms with Gasteiger partial charge in [0.05, 0.1) is 4.90 Å². The van der Waals surface area contributed by atoms with E-state index in [1.807, 2.05) is 44.2 Å². The summed E-state index contributed by atoms with van der Waals surface area (Å²) >= 11 is 0. The Morgan fingerprint density at radius 3 is 2.36 bits per heavy atom. The van der Waals surface area contributed by atoms with Crippen LogP contribution in [0.3, 0.4) is 0 Å². The van der Waals surface area contributed by atoms with Gasteiger partial charge in [-0.3, -0.25) is 0 Å². The van der Waals surface area contributed by atoms with Gasteiger partial charge in [0.15, 0.2) is 0 Å². The molecule has 0 aliphatic carbocycles. The minimum atomic E-state index is -4.00. The summed E-state index contributed by atoms with van der Waals surface area (Å²) in [7, 11) is -4.00. The Labute approximate surface area is 209 Å².